The van der Waals surface area contributed by atoms with Gasteiger partial charge in [0.15, 0.2) is 0 Å². The first-order valence-corrected chi connectivity index (χ1v) is 10.1. The van der Waals surface area contributed by atoms with Gasteiger partial charge in [0.1, 0.15) is 22.4 Å². The lowest BCUT2D eigenvalue weighted by Crippen LogP contribution is -2.45. The second-order valence-corrected chi connectivity index (χ2v) is 7.54. The Morgan fingerprint density at radius 1 is 1.19 bits per heavy atom. The van der Waals surface area contributed by atoms with Crippen molar-refractivity contribution in [1.29, 1.82) is 0 Å². The molecule has 2 aromatic carbocycles. The fourth-order valence-electron chi connectivity index (χ4n) is 3.67. The van der Waals surface area contributed by atoms with Gasteiger partial charge >= 0.3 is 0 Å². The average Bonchev–Trinajstić information content (AvgIpc) is 3.15. The largest absolute Gasteiger partial charge is 0.321 e. The SMILES string of the molecule is O=[SH](=O)Cc1cccc2c1CN(c1ccccc1F)C([C@@H]1CCCN1)=N2. The van der Waals surface area contributed by atoms with Gasteiger partial charge < -0.3 is 10.2 Å². The molecule has 1 saturated heterocycles. The highest BCUT2D eigenvalue weighted by Crippen LogP contribution is 2.34. The number of anilines is 1. The van der Waals surface area contributed by atoms with E-state index in [9.17, 15) is 12.8 Å². The van der Waals surface area contributed by atoms with Gasteiger partial charge in [0.25, 0.3) is 0 Å². The maximum atomic E-state index is 14.5. The van der Waals surface area contributed by atoms with Crippen LogP contribution in [0.15, 0.2) is 47.5 Å². The lowest BCUT2D eigenvalue weighted by molar-refractivity contribution is 0.613. The topological polar surface area (TPSA) is 61.8 Å². The molecule has 2 aliphatic rings. The molecule has 0 spiro atoms. The standard InChI is InChI=1S/C19H20FN3O2S/c20-15-6-1-2-9-18(15)23-11-14-13(12-26(24)25)5-3-7-16(14)22-19(23)17-8-4-10-21-17/h1-3,5-7,9,17,21,26H,4,8,10-12H2/t17-/m0/s1. The minimum Gasteiger partial charge on any atom is -0.321 e. The molecule has 2 aromatic rings. The number of amidine groups is 1. The summed E-state index contributed by atoms with van der Waals surface area (Å²) in [7, 11) is -2.54. The molecule has 1 atom stereocenters. The second-order valence-electron chi connectivity index (χ2n) is 6.56. The number of nitrogens with zero attached hydrogens (tertiary/aromatic N) is 2. The van der Waals surface area contributed by atoms with Crippen molar-refractivity contribution in [2.45, 2.75) is 31.2 Å². The third-order valence-corrected chi connectivity index (χ3v) is 5.49. The molecule has 0 radical (unpaired) electrons. The summed E-state index contributed by atoms with van der Waals surface area (Å²) in [5.41, 5.74) is 2.81. The molecule has 0 saturated carbocycles. The third kappa shape index (κ3) is 3.24. The molecule has 1 N–H and O–H groups in total. The van der Waals surface area contributed by atoms with Crippen LogP contribution in [-0.4, -0.2) is 26.8 Å². The van der Waals surface area contributed by atoms with Gasteiger partial charge in [0.2, 0.25) is 0 Å². The predicted molar refractivity (Wildman–Crippen MR) is 101 cm³/mol. The van der Waals surface area contributed by atoms with Crippen LogP contribution in [0.2, 0.25) is 0 Å². The zero-order valence-corrected chi connectivity index (χ0v) is 15.1. The van der Waals surface area contributed by atoms with E-state index in [1.54, 1.807) is 24.3 Å². The van der Waals surface area contributed by atoms with Crippen molar-refractivity contribution >= 4 is 27.9 Å². The number of thiol groups is 1. The molecule has 0 amide bonds. The highest BCUT2D eigenvalue weighted by molar-refractivity contribution is 7.71. The van der Waals surface area contributed by atoms with Crippen molar-refractivity contribution in [1.82, 2.24) is 5.32 Å². The van der Waals surface area contributed by atoms with Crippen molar-refractivity contribution < 1.29 is 12.8 Å². The normalized spacial score (nSPS) is 19.5. The van der Waals surface area contributed by atoms with Crippen LogP contribution in [0.4, 0.5) is 15.8 Å². The van der Waals surface area contributed by atoms with Gasteiger partial charge in [-0.15, -0.1) is 0 Å². The Hall–Kier alpha value is -2.25. The van der Waals surface area contributed by atoms with Crippen molar-refractivity contribution in [3.8, 4) is 0 Å². The van der Waals surface area contributed by atoms with Gasteiger partial charge in [-0.3, -0.25) is 0 Å². The van der Waals surface area contributed by atoms with Crippen molar-refractivity contribution in [3.05, 3.63) is 59.4 Å². The van der Waals surface area contributed by atoms with Crippen molar-refractivity contribution in [3.63, 3.8) is 0 Å². The Morgan fingerprint density at radius 3 is 2.77 bits per heavy atom. The van der Waals surface area contributed by atoms with Gasteiger partial charge in [-0.2, -0.15) is 0 Å². The van der Waals surface area contributed by atoms with Crippen molar-refractivity contribution in [2.75, 3.05) is 11.4 Å². The first kappa shape index (κ1) is 17.2. The Labute approximate surface area is 153 Å². The number of fused-ring (bicyclic) bond motifs is 1. The van der Waals surface area contributed by atoms with Crippen LogP contribution in [-0.2, 0) is 23.0 Å². The van der Waals surface area contributed by atoms with E-state index in [2.05, 4.69) is 5.32 Å². The Morgan fingerprint density at radius 2 is 2.04 bits per heavy atom. The maximum Gasteiger partial charge on any atom is 0.146 e. The Bertz CT molecular complexity index is 928. The van der Waals surface area contributed by atoms with Gasteiger partial charge in [0.05, 0.1) is 29.7 Å². The molecule has 2 heterocycles. The maximum absolute atomic E-state index is 14.5. The summed E-state index contributed by atoms with van der Waals surface area (Å²) < 4.78 is 37.0. The van der Waals surface area contributed by atoms with E-state index in [4.69, 9.17) is 4.99 Å². The number of halogens is 1. The number of hydrogen-bond acceptors (Lipinski definition) is 5. The third-order valence-electron chi connectivity index (χ3n) is 4.89. The molecule has 4 rings (SSSR count). The lowest BCUT2D eigenvalue weighted by Gasteiger charge is -2.34. The van der Waals surface area contributed by atoms with Gasteiger partial charge in [-0.1, -0.05) is 24.3 Å². The Kier molecular flexibility index (Phi) is 4.74. The van der Waals surface area contributed by atoms with Crippen molar-refractivity contribution in [2.24, 2.45) is 4.99 Å². The van der Waals surface area contributed by atoms with Crippen LogP contribution in [0, 0.1) is 5.82 Å². The summed E-state index contributed by atoms with van der Waals surface area (Å²) in [6.45, 7) is 1.32. The quantitative estimate of drug-likeness (QED) is 0.809. The summed E-state index contributed by atoms with van der Waals surface area (Å²) in [6.07, 6.45) is 2.00. The number of hydrogen-bond donors (Lipinski definition) is 2. The molecule has 0 aliphatic carbocycles. The van der Waals surface area contributed by atoms with Gasteiger partial charge in [0, 0.05) is 5.56 Å². The predicted octanol–water partition coefficient (Wildman–Crippen LogP) is 2.74. The summed E-state index contributed by atoms with van der Waals surface area (Å²) in [4.78, 5) is 6.69. The van der Waals surface area contributed by atoms with Crippen LogP contribution in [0.3, 0.4) is 0 Å². The highest BCUT2D eigenvalue weighted by Gasteiger charge is 2.31. The van der Waals surface area contributed by atoms with Crippen LogP contribution in [0.1, 0.15) is 24.0 Å². The summed E-state index contributed by atoms with van der Waals surface area (Å²) in [5.74, 6) is 0.452. The molecule has 2 aliphatic heterocycles. The van der Waals surface area contributed by atoms with E-state index in [1.807, 2.05) is 17.0 Å². The summed E-state index contributed by atoms with van der Waals surface area (Å²) in [5, 5.41) is 3.43. The number of para-hydroxylation sites is 1. The van der Waals surface area contributed by atoms with E-state index in [-0.39, 0.29) is 17.6 Å². The monoisotopic (exact) mass is 373 g/mol. The van der Waals surface area contributed by atoms with Crippen LogP contribution in [0.25, 0.3) is 0 Å². The summed E-state index contributed by atoms with van der Waals surface area (Å²) in [6, 6.07) is 12.2. The fraction of sp³-hybridized carbons (Fsp3) is 0.316. The number of nitrogens with one attached hydrogen (secondary N) is 1. The van der Waals surface area contributed by atoms with E-state index >= 15 is 0 Å². The van der Waals surface area contributed by atoms with E-state index in [0.29, 0.717) is 12.2 Å². The lowest BCUT2D eigenvalue weighted by atomic mass is 10.0. The first-order chi connectivity index (χ1) is 12.6. The smallest absolute Gasteiger partial charge is 0.146 e. The minimum absolute atomic E-state index is 0.0316. The van der Waals surface area contributed by atoms with E-state index in [1.165, 1.54) is 6.07 Å². The molecule has 5 nitrogen and oxygen atoms in total. The number of rotatable bonds is 4. The molecule has 1 fully saturated rings. The number of aliphatic imine (C=N–C) groups is 1. The molecule has 136 valence electrons. The second kappa shape index (κ2) is 7.17. The highest BCUT2D eigenvalue weighted by atomic mass is 32.2. The van der Waals surface area contributed by atoms with E-state index < -0.39 is 10.7 Å². The Balaban J connectivity index is 1.83. The average molecular weight is 373 g/mol. The fourth-order valence-corrected chi connectivity index (χ4v) is 4.24. The van der Waals surface area contributed by atoms with Gasteiger partial charge in [-0.25, -0.2) is 17.8 Å². The van der Waals surface area contributed by atoms with Gasteiger partial charge in [-0.05, 0) is 43.1 Å². The van der Waals surface area contributed by atoms with Crippen LogP contribution >= 0.6 is 0 Å². The molecule has 0 bridgehead atoms. The molecular formula is C19H20FN3O2S. The molecule has 26 heavy (non-hydrogen) atoms. The van der Waals surface area contributed by atoms with Crippen LogP contribution in [0.5, 0.6) is 0 Å². The summed E-state index contributed by atoms with van der Waals surface area (Å²) >= 11 is 0. The first-order valence-electron chi connectivity index (χ1n) is 8.70. The zero-order valence-electron chi connectivity index (χ0n) is 14.2. The zero-order chi connectivity index (χ0) is 18.1. The van der Waals surface area contributed by atoms with E-state index in [0.717, 1.165) is 42.0 Å². The van der Waals surface area contributed by atoms with Crippen LogP contribution < -0.4 is 10.2 Å². The molecule has 0 unspecified atom stereocenters. The minimum atomic E-state index is -2.54. The molecular weight excluding hydrogens is 353 g/mol. The molecule has 0 aromatic heterocycles. The molecule has 7 heteroatoms. The number of benzene rings is 2.